The van der Waals surface area contributed by atoms with Gasteiger partial charge in [0.2, 0.25) is 0 Å². The van der Waals surface area contributed by atoms with Crippen LogP contribution in [0.15, 0.2) is 23.1 Å². The van der Waals surface area contributed by atoms with Crippen LogP contribution in [0.4, 0.5) is 5.69 Å². The third-order valence-corrected chi connectivity index (χ3v) is 2.83. The Hall–Kier alpha value is -1.80. The van der Waals surface area contributed by atoms with E-state index in [9.17, 15) is 4.79 Å². The van der Waals surface area contributed by atoms with Gasteiger partial charge in [-0.2, -0.15) is 5.26 Å². The van der Waals surface area contributed by atoms with Gasteiger partial charge in [0.1, 0.15) is 0 Å². The third kappa shape index (κ3) is 5.58. The van der Waals surface area contributed by atoms with Crippen molar-refractivity contribution >= 4 is 5.69 Å². The van der Waals surface area contributed by atoms with E-state index in [1.807, 2.05) is 0 Å². The molecule has 2 N–H and O–H groups in total. The van der Waals surface area contributed by atoms with Crippen LogP contribution in [0, 0.1) is 17.2 Å². The molecule has 0 spiro atoms. The van der Waals surface area contributed by atoms with Gasteiger partial charge in [-0.05, 0) is 12.0 Å². The topological polar surface area (TPSA) is 75.1 Å². The Morgan fingerprint density at radius 3 is 2.79 bits per heavy atom. The number of aromatic nitrogens is 1. The van der Waals surface area contributed by atoms with Crippen LogP contribution in [0.3, 0.4) is 0 Å². The Labute approximate surface area is 114 Å². The van der Waals surface area contributed by atoms with Crippen molar-refractivity contribution in [2.45, 2.75) is 26.8 Å². The maximum atomic E-state index is 11.7. The second kappa shape index (κ2) is 7.59. The van der Waals surface area contributed by atoms with Crippen LogP contribution in [-0.2, 0) is 6.54 Å². The molecule has 104 valence electrons. The molecule has 0 fully saturated rings. The average Bonchev–Trinajstić information content (AvgIpc) is 2.36. The summed E-state index contributed by atoms with van der Waals surface area (Å²) in [6.07, 6.45) is 2.18. The minimum atomic E-state index is -0.0426. The third-order valence-electron chi connectivity index (χ3n) is 2.83. The highest BCUT2D eigenvalue weighted by molar-refractivity contribution is 5.33. The molecule has 0 unspecified atom stereocenters. The van der Waals surface area contributed by atoms with Gasteiger partial charge in [-0.15, -0.1) is 0 Å². The molecular formula is C14H22N4O. The molecule has 0 aliphatic carbocycles. The summed E-state index contributed by atoms with van der Waals surface area (Å²) < 4.78 is 1.62. The zero-order chi connectivity index (χ0) is 14.3. The molecule has 0 aromatic carbocycles. The summed E-state index contributed by atoms with van der Waals surface area (Å²) in [5, 5.41) is 8.67. The smallest absolute Gasteiger partial charge is 0.250 e. The fourth-order valence-electron chi connectivity index (χ4n) is 1.99. The molecule has 0 bridgehead atoms. The first kappa shape index (κ1) is 15.3. The molecule has 1 aromatic rings. The van der Waals surface area contributed by atoms with E-state index in [1.54, 1.807) is 16.8 Å². The first-order valence-corrected chi connectivity index (χ1v) is 6.58. The van der Waals surface area contributed by atoms with E-state index in [0.717, 1.165) is 19.6 Å². The SMILES string of the molecule is CC(C)CN(CCC#N)CCn1cc(N)ccc1=O. The number of anilines is 1. The lowest BCUT2D eigenvalue weighted by molar-refractivity contribution is 0.239. The Morgan fingerprint density at radius 2 is 2.16 bits per heavy atom. The zero-order valence-corrected chi connectivity index (χ0v) is 11.7. The highest BCUT2D eigenvalue weighted by Crippen LogP contribution is 2.01. The van der Waals surface area contributed by atoms with Crippen LogP contribution in [0.1, 0.15) is 20.3 Å². The largest absolute Gasteiger partial charge is 0.398 e. The van der Waals surface area contributed by atoms with Gasteiger partial charge in [0, 0.05) is 50.6 Å². The molecule has 5 nitrogen and oxygen atoms in total. The maximum absolute atomic E-state index is 11.7. The number of nitrogens with zero attached hydrogens (tertiary/aromatic N) is 3. The van der Waals surface area contributed by atoms with Crippen molar-refractivity contribution in [3.63, 3.8) is 0 Å². The van der Waals surface area contributed by atoms with Crippen molar-refractivity contribution in [3.8, 4) is 6.07 Å². The standard InChI is InChI=1S/C14H22N4O/c1-12(2)10-17(7-3-6-15)8-9-18-11-13(16)4-5-14(18)19/h4-5,11-12H,3,7-10,16H2,1-2H3. The predicted molar refractivity (Wildman–Crippen MR) is 76.6 cm³/mol. The fraction of sp³-hybridized carbons (Fsp3) is 0.571. The number of pyridine rings is 1. The molecule has 0 saturated carbocycles. The predicted octanol–water partition coefficient (Wildman–Crippen LogP) is 1.30. The lowest BCUT2D eigenvalue weighted by Crippen LogP contribution is -2.34. The molecule has 1 rings (SSSR count). The normalized spacial score (nSPS) is 10.9. The minimum absolute atomic E-state index is 0.0426. The van der Waals surface area contributed by atoms with Crippen molar-refractivity contribution in [2.24, 2.45) is 5.92 Å². The van der Waals surface area contributed by atoms with Crippen molar-refractivity contribution in [3.05, 3.63) is 28.7 Å². The van der Waals surface area contributed by atoms with E-state index in [1.165, 1.54) is 6.07 Å². The first-order chi connectivity index (χ1) is 9.02. The summed E-state index contributed by atoms with van der Waals surface area (Å²) in [7, 11) is 0. The van der Waals surface area contributed by atoms with Gasteiger partial charge in [0.25, 0.3) is 5.56 Å². The average molecular weight is 262 g/mol. The van der Waals surface area contributed by atoms with Crippen molar-refractivity contribution in [1.82, 2.24) is 9.47 Å². The first-order valence-electron chi connectivity index (χ1n) is 6.58. The molecule has 0 aliphatic heterocycles. The second-order valence-electron chi connectivity index (χ2n) is 5.10. The minimum Gasteiger partial charge on any atom is -0.398 e. The highest BCUT2D eigenvalue weighted by Gasteiger charge is 2.07. The number of hydrogen-bond acceptors (Lipinski definition) is 4. The summed E-state index contributed by atoms with van der Waals surface area (Å²) in [5.41, 5.74) is 6.23. The Morgan fingerprint density at radius 1 is 1.42 bits per heavy atom. The molecule has 19 heavy (non-hydrogen) atoms. The van der Waals surface area contributed by atoms with E-state index < -0.39 is 0 Å². The van der Waals surface area contributed by atoms with Crippen molar-refractivity contribution in [2.75, 3.05) is 25.4 Å². The second-order valence-corrected chi connectivity index (χ2v) is 5.10. The van der Waals surface area contributed by atoms with Gasteiger partial charge in [0.15, 0.2) is 0 Å². The van der Waals surface area contributed by atoms with Crippen LogP contribution in [0.25, 0.3) is 0 Å². The van der Waals surface area contributed by atoms with Crippen LogP contribution in [0.2, 0.25) is 0 Å². The molecule has 0 aliphatic rings. The molecule has 0 radical (unpaired) electrons. The lowest BCUT2D eigenvalue weighted by Gasteiger charge is -2.23. The molecule has 1 heterocycles. The zero-order valence-electron chi connectivity index (χ0n) is 11.7. The molecule has 1 aromatic heterocycles. The Balaban J connectivity index is 2.62. The van der Waals surface area contributed by atoms with Gasteiger partial charge in [-0.3, -0.25) is 4.79 Å². The van der Waals surface area contributed by atoms with Gasteiger partial charge in [0.05, 0.1) is 6.07 Å². The van der Waals surface area contributed by atoms with E-state index in [2.05, 4.69) is 24.8 Å². The van der Waals surface area contributed by atoms with E-state index in [-0.39, 0.29) is 5.56 Å². The molecule has 0 amide bonds. The van der Waals surface area contributed by atoms with Crippen LogP contribution in [-0.4, -0.2) is 29.1 Å². The van der Waals surface area contributed by atoms with Gasteiger partial charge < -0.3 is 15.2 Å². The summed E-state index contributed by atoms with van der Waals surface area (Å²) in [4.78, 5) is 13.9. The van der Waals surface area contributed by atoms with Gasteiger partial charge in [-0.25, -0.2) is 0 Å². The Kier molecular flexibility index (Phi) is 6.10. The molecule has 5 heteroatoms. The number of nitrogens with two attached hydrogens (primary N) is 1. The van der Waals surface area contributed by atoms with Crippen molar-refractivity contribution < 1.29 is 0 Å². The number of nitriles is 1. The Bertz CT molecular complexity index is 487. The van der Waals surface area contributed by atoms with Crippen LogP contribution in [0.5, 0.6) is 0 Å². The molecule has 0 saturated heterocycles. The maximum Gasteiger partial charge on any atom is 0.250 e. The van der Waals surface area contributed by atoms with Gasteiger partial charge in [-0.1, -0.05) is 13.8 Å². The lowest BCUT2D eigenvalue weighted by atomic mass is 10.2. The van der Waals surface area contributed by atoms with E-state index >= 15 is 0 Å². The van der Waals surface area contributed by atoms with Crippen LogP contribution < -0.4 is 11.3 Å². The number of rotatable bonds is 7. The number of hydrogen-bond donors (Lipinski definition) is 1. The van der Waals surface area contributed by atoms with Crippen LogP contribution >= 0.6 is 0 Å². The quantitative estimate of drug-likeness (QED) is 0.803. The molecular weight excluding hydrogens is 240 g/mol. The highest BCUT2D eigenvalue weighted by atomic mass is 16.1. The van der Waals surface area contributed by atoms with E-state index in [0.29, 0.717) is 24.6 Å². The summed E-state index contributed by atoms with van der Waals surface area (Å²) >= 11 is 0. The summed E-state index contributed by atoms with van der Waals surface area (Å²) in [6, 6.07) is 5.25. The summed E-state index contributed by atoms with van der Waals surface area (Å²) in [5.74, 6) is 0.538. The monoisotopic (exact) mass is 262 g/mol. The summed E-state index contributed by atoms with van der Waals surface area (Å²) in [6.45, 7) is 7.31. The van der Waals surface area contributed by atoms with Gasteiger partial charge >= 0.3 is 0 Å². The molecule has 0 atom stereocenters. The van der Waals surface area contributed by atoms with E-state index in [4.69, 9.17) is 11.0 Å². The number of nitrogen functional groups attached to an aromatic ring is 1. The fourth-order valence-corrected chi connectivity index (χ4v) is 1.99. The van der Waals surface area contributed by atoms with Crippen molar-refractivity contribution in [1.29, 1.82) is 5.26 Å².